The van der Waals surface area contributed by atoms with E-state index in [1.807, 2.05) is 37.5 Å². The highest BCUT2D eigenvalue weighted by Crippen LogP contribution is 2.25. The van der Waals surface area contributed by atoms with Crippen molar-refractivity contribution in [3.05, 3.63) is 83.4 Å². The topological polar surface area (TPSA) is 136 Å². The molecule has 0 aliphatic carbocycles. The summed E-state index contributed by atoms with van der Waals surface area (Å²) in [4.78, 5) is 30.3. The van der Waals surface area contributed by atoms with Crippen LogP contribution in [-0.2, 0) is 9.59 Å². The Morgan fingerprint density at radius 2 is 2.16 bits per heavy atom. The van der Waals surface area contributed by atoms with Crippen LogP contribution in [0.5, 0.6) is 0 Å². The van der Waals surface area contributed by atoms with E-state index in [0.29, 0.717) is 6.54 Å². The molecular weight excluding hydrogens is 394 g/mol. The van der Waals surface area contributed by atoms with Crippen molar-refractivity contribution in [1.82, 2.24) is 20.9 Å². The van der Waals surface area contributed by atoms with Gasteiger partial charge in [-0.25, -0.2) is 4.99 Å². The van der Waals surface area contributed by atoms with Gasteiger partial charge in [0.1, 0.15) is 11.6 Å². The van der Waals surface area contributed by atoms with Crippen molar-refractivity contribution in [2.24, 2.45) is 10.7 Å². The second kappa shape index (κ2) is 9.93. The first-order valence-electron chi connectivity index (χ1n) is 9.58. The molecule has 0 spiro atoms. The minimum atomic E-state index is -0.792. The first-order valence-corrected chi connectivity index (χ1v) is 9.58. The lowest BCUT2D eigenvalue weighted by Crippen LogP contribution is -2.46. The Morgan fingerprint density at radius 3 is 2.81 bits per heavy atom. The van der Waals surface area contributed by atoms with Crippen molar-refractivity contribution in [1.29, 1.82) is 5.26 Å². The number of carbonyl (C=O) groups excluding carboxylic acids is 2. The fraction of sp³-hybridized carbons (Fsp3) is 0.182. The van der Waals surface area contributed by atoms with Crippen molar-refractivity contribution in [2.45, 2.75) is 12.3 Å². The molecule has 0 saturated heterocycles. The lowest BCUT2D eigenvalue weighted by molar-refractivity contribution is -0.118. The van der Waals surface area contributed by atoms with Gasteiger partial charge in [-0.1, -0.05) is 42.5 Å². The van der Waals surface area contributed by atoms with Crippen LogP contribution in [0, 0.1) is 11.3 Å². The van der Waals surface area contributed by atoms with Crippen LogP contribution in [0.2, 0.25) is 0 Å². The van der Waals surface area contributed by atoms with Crippen LogP contribution in [0.3, 0.4) is 0 Å². The van der Waals surface area contributed by atoms with Gasteiger partial charge in [0.2, 0.25) is 0 Å². The fourth-order valence-corrected chi connectivity index (χ4v) is 3.09. The van der Waals surface area contributed by atoms with Gasteiger partial charge in [-0.05, 0) is 11.1 Å². The average molecular weight is 417 g/mol. The Morgan fingerprint density at radius 1 is 1.39 bits per heavy atom. The van der Waals surface area contributed by atoms with Crippen molar-refractivity contribution >= 4 is 18.0 Å². The molecule has 2 amide bonds. The molecule has 0 aromatic heterocycles. The van der Waals surface area contributed by atoms with Gasteiger partial charge in [0, 0.05) is 38.4 Å². The van der Waals surface area contributed by atoms with Gasteiger partial charge in [-0.15, -0.1) is 0 Å². The number of carbonyl (C=O) groups is 2. The maximum Gasteiger partial charge on any atom is 0.266 e. The summed E-state index contributed by atoms with van der Waals surface area (Å²) in [5.74, 6) is -0.941. The maximum absolute atomic E-state index is 12.4. The molecule has 0 fully saturated rings. The highest BCUT2D eigenvalue weighted by atomic mass is 16.2. The highest BCUT2D eigenvalue weighted by Gasteiger charge is 2.19. The van der Waals surface area contributed by atoms with Gasteiger partial charge < -0.3 is 26.6 Å². The zero-order valence-electron chi connectivity index (χ0n) is 16.9. The molecule has 0 saturated carbocycles. The zero-order valence-corrected chi connectivity index (χ0v) is 16.9. The van der Waals surface area contributed by atoms with Crippen LogP contribution < -0.4 is 21.7 Å². The molecule has 2 aliphatic rings. The van der Waals surface area contributed by atoms with Gasteiger partial charge in [0.15, 0.2) is 6.29 Å². The Hall–Kier alpha value is -4.32. The molecule has 2 aliphatic heterocycles. The van der Waals surface area contributed by atoms with Crippen LogP contribution in [0.25, 0.3) is 0 Å². The monoisotopic (exact) mass is 417 g/mol. The van der Waals surface area contributed by atoms with E-state index in [9.17, 15) is 9.59 Å². The van der Waals surface area contributed by atoms with E-state index in [1.54, 1.807) is 6.07 Å². The molecule has 9 heteroatoms. The third kappa shape index (κ3) is 5.39. The number of aliphatic imine (C=N–C) groups is 1. The van der Waals surface area contributed by atoms with E-state index in [4.69, 9.17) is 11.0 Å². The van der Waals surface area contributed by atoms with Gasteiger partial charge >= 0.3 is 0 Å². The Bertz CT molecular complexity index is 1030. The number of hydrogen-bond acceptors (Lipinski definition) is 7. The molecule has 2 unspecified atom stereocenters. The average Bonchev–Trinajstić information content (AvgIpc) is 2.79. The molecule has 0 radical (unpaired) electrons. The molecule has 9 nitrogen and oxygen atoms in total. The zero-order chi connectivity index (χ0) is 22.2. The number of rotatable bonds is 6. The van der Waals surface area contributed by atoms with Gasteiger partial charge in [0.05, 0.1) is 11.6 Å². The number of nitrogens with two attached hydrogens (primary N) is 1. The summed E-state index contributed by atoms with van der Waals surface area (Å²) >= 11 is 0. The number of likely N-dealkylation sites (N-methyl/N-ethyl adjacent to an activating group) is 1. The molecule has 1 aromatic carbocycles. The highest BCUT2D eigenvalue weighted by molar-refractivity contribution is 6.12. The lowest BCUT2D eigenvalue weighted by atomic mass is 10.0. The quantitative estimate of drug-likeness (QED) is 0.394. The Labute approximate surface area is 180 Å². The van der Waals surface area contributed by atoms with Gasteiger partial charge in [-0.3, -0.25) is 9.59 Å². The van der Waals surface area contributed by atoms with E-state index < -0.39 is 18.1 Å². The summed E-state index contributed by atoms with van der Waals surface area (Å²) in [6.45, 7) is 0.318. The molecule has 0 bridgehead atoms. The van der Waals surface area contributed by atoms with Crippen molar-refractivity contribution < 1.29 is 9.59 Å². The summed E-state index contributed by atoms with van der Waals surface area (Å²) in [7, 11) is 1.98. The smallest absolute Gasteiger partial charge is 0.266 e. The van der Waals surface area contributed by atoms with E-state index in [-0.39, 0.29) is 17.2 Å². The molecule has 31 heavy (non-hydrogen) atoms. The van der Waals surface area contributed by atoms with E-state index in [2.05, 4.69) is 44.1 Å². The van der Waals surface area contributed by atoms with Crippen LogP contribution in [-0.4, -0.2) is 42.8 Å². The number of amides is 2. The maximum atomic E-state index is 12.4. The first kappa shape index (κ1) is 21.4. The normalized spacial score (nSPS) is 21.0. The van der Waals surface area contributed by atoms with E-state index >= 15 is 0 Å². The largest absolute Gasteiger partial charge is 0.404 e. The molecular formula is C22H23N7O2. The summed E-state index contributed by atoms with van der Waals surface area (Å²) in [6, 6.07) is 12.0. The molecule has 158 valence electrons. The number of nitrogens with zero attached hydrogens (tertiary/aromatic N) is 3. The Kier molecular flexibility index (Phi) is 6.85. The Balaban J connectivity index is 1.54. The van der Waals surface area contributed by atoms with Crippen LogP contribution in [0.1, 0.15) is 11.6 Å². The summed E-state index contributed by atoms with van der Waals surface area (Å²) < 4.78 is 0. The number of nitriles is 1. The standard InChI is InChI=1S/C22H23N7O2/c1-29-14-15(7-8-19(29)16-5-3-2-4-6-16)11-25-20(30)17(9-23)12-26-22-27-13-18(10-24)21(31)28-22/h2-9,12-14,19,22,27H,11,23H2,1H3,(H,25,30)(H,28,31)/b17-9+,26-12+. The van der Waals surface area contributed by atoms with Crippen LogP contribution in [0.15, 0.2) is 82.8 Å². The molecule has 2 atom stereocenters. The van der Waals surface area contributed by atoms with Gasteiger partial charge in [0.25, 0.3) is 11.8 Å². The summed E-state index contributed by atoms with van der Waals surface area (Å²) in [5, 5.41) is 16.8. The van der Waals surface area contributed by atoms with Crippen LogP contribution in [0.4, 0.5) is 0 Å². The fourth-order valence-electron chi connectivity index (χ4n) is 3.09. The third-order valence-corrected chi connectivity index (χ3v) is 4.72. The molecule has 1 aromatic rings. The minimum absolute atomic E-state index is 0.0490. The van der Waals surface area contributed by atoms with E-state index in [0.717, 1.165) is 11.8 Å². The molecule has 2 heterocycles. The second-order valence-electron chi connectivity index (χ2n) is 6.88. The number of nitrogens with one attached hydrogen (secondary N) is 3. The van der Waals surface area contributed by atoms with Gasteiger partial charge in [-0.2, -0.15) is 5.26 Å². The third-order valence-electron chi connectivity index (χ3n) is 4.72. The summed E-state index contributed by atoms with van der Waals surface area (Å²) in [6.07, 6.45) is 8.94. The number of hydrogen-bond donors (Lipinski definition) is 4. The van der Waals surface area contributed by atoms with Crippen LogP contribution >= 0.6 is 0 Å². The van der Waals surface area contributed by atoms with Crippen molar-refractivity contribution in [3.8, 4) is 6.07 Å². The lowest BCUT2D eigenvalue weighted by Gasteiger charge is -2.28. The minimum Gasteiger partial charge on any atom is -0.404 e. The molecule has 3 rings (SSSR count). The number of benzene rings is 1. The van der Waals surface area contributed by atoms with Crippen molar-refractivity contribution in [2.75, 3.05) is 13.6 Å². The summed E-state index contributed by atoms with van der Waals surface area (Å²) in [5.41, 5.74) is 7.77. The SMILES string of the molecule is CN1C=C(CNC(=O)C(/C=N/C2NC=C(C#N)C(=O)N2)=C/N)C=CC1c1ccccc1. The van der Waals surface area contributed by atoms with Crippen molar-refractivity contribution in [3.63, 3.8) is 0 Å². The first-order chi connectivity index (χ1) is 15.0. The van der Waals surface area contributed by atoms with E-state index in [1.165, 1.54) is 18.0 Å². The predicted octanol–water partition coefficient (Wildman–Crippen LogP) is 0.553. The molecule has 5 N–H and O–H groups in total. The second-order valence-corrected chi connectivity index (χ2v) is 6.88. The predicted molar refractivity (Wildman–Crippen MR) is 117 cm³/mol.